The zero-order valence-corrected chi connectivity index (χ0v) is 18.3. The number of hydrogen-bond donors (Lipinski definition) is 3. The van der Waals surface area contributed by atoms with Crippen LogP contribution >= 0.6 is 0 Å². The molecule has 0 saturated heterocycles. The maximum Gasteiger partial charge on any atom is 0.233 e. The van der Waals surface area contributed by atoms with Crippen LogP contribution in [-0.4, -0.2) is 57.5 Å². The molecule has 0 aliphatic carbocycles. The molecule has 8 nitrogen and oxygen atoms in total. The molecule has 2 aromatic heterocycles. The largest absolute Gasteiger partial charge is 0.488 e. The van der Waals surface area contributed by atoms with Crippen molar-refractivity contribution in [3.63, 3.8) is 0 Å². The van der Waals surface area contributed by atoms with E-state index in [4.69, 9.17) is 14.2 Å². The summed E-state index contributed by atoms with van der Waals surface area (Å²) in [6.07, 6.45) is 1.12. The fourth-order valence-electron chi connectivity index (χ4n) is 3.33. The highest BCUT2D eigenvalue weighted by molar-refractivity contribution is 5.94. The van der Waals surface area contributed by atoms with Crippen molar-refractivity contribution in [2.24, 2.45) is 4.99 Å². The van der Waals surface area contributed by atoms with Crippen molar-refractivity contribution in [3.05, 3.63) is 60.0 Å². The first-order chi connectivity index (χ1) is 15.4. The number of aromatic nitrogens is 2. The van der Waals surface area contributed by atoms with Crippen molar-refractivity contribution in [2.45, 2.75) is 39.0 Å². The summed E-state index contributed by atoms with van der Waals surface area (Å²) in [4.78, 5) is 12.0. The van der Waals surface area contributed by atoms with Gasteiger partial charge in [0.1, 0.15) is 41.2 Å². The summed E-state index contributed by atoms with van der Waals surface area (Å²) in [5, 5.41) is 18.8. The van der Waals surface area contributed by atoms with E-state index in [1.54, 1.807) is 19.2 Å². The van der Waals surface area contributed by atoms with Crippen LogP contribution in [0, 0.1) is 6.92 Å². The van der Waals surface area contributed by atoms with E-state index in [2.05, 4.69) is 15.0 Å². The number of benzene rings is 1. The highest BCUT2D eigenvalue weighted by Gasteiger charge is 2.28. The Balaban J connectivity index is 1.64. The average molecular weight is 437 g/mol. The molecule has 0 radical (unpaired) electrons. The summed E-state index contributed by atoms with van der Waals surface area (Å²) in [7, 11) is 0. The van der Waals surface area contributed by atoms with Gasteiger partial charge in [0.15, 0.2) is 0 Å². The van der Waals surface area contributed by atoms with Gasteiger partial charge in [-0.3, -0.25) is 4.98 Å². The highest BCUT2D eigenvalue weighted by Crippen LogP contribution is 2.33. The lowest BCUT2D eigenvalue weighted by molar-refractivity contribution is 0.129. The van der Waals surface area contributed by atoms with E-state index in [9.17, 15) is 10.2 Å². The van der Waals surface area contributed by atoms with Gasteiger partial charge in [-0.2, -0.15) is 0 Å². The summed E-state index contributed by atoms with van der Waals surface area (Å²) in [6, 6.07) is 12.8. The Hall–Kier alpha value is -3.36. The lowest BCUT2D eigenvalue weighted by Crippen LogP contribution is -2.21. The first-order valence-electron chi connectivity index (χ1n) is 10.5. The first kappa shape index (κ1) is 21.9. The first-order valence-corrected chi connectivity index (χ1v) is 10.5. The van der Waals surface area contributed by atoms with E-state index in [0.717, 1.165) is 22.6 Å². The molecule has 0 fully saturated rings. The molecule has 0 unspecified atom stereocenters. The lowest BCUT2D eigenvalue weighted by atomic mass is 10.1. The molecule has 3 aromatic rings. The third-order valence-corrected chi connectivity index (χ3v) is 5.13. The van der Waals surface area contributed by atoms with Gasteiger partial charge in [0, 0.05) is 23.0 Å². The summed E-state index contributed by atoms with van der Waals surface area (Å²) in [6.45, 7) is 5.43. The Labute approximate surface area is 186 Å². The Bertz CT molecular complexity index is 1090. The van der Waals surface area contributed by atoms with Crippen LogP contribution in [0.4, 0.5) is 0 Å². The van der Waals surface area contributed by atoms with E-state index in [0.29, 0.717) is 23.1 Å². The number of nitrogens with zero attached hydrogens (tertiary/aromatic N) is 2. The van der Waals surface area contributed by atoms with Crippen LogP contribution in [-0.2, 0) is 4.74 Å². The second kappa shape index (κ2) is 9.42. The molecule has 1 aliphatic rings. The molecular weight excluding hydrogens is 410 g/mol. The van der Waals surface area contributed by atoms with Crippen molar-refractivity contribution >= 4 is 5.90 Å². The molecule has 0 bridgehead atoms. The molecular formula is C24H27N3O5. The molecule has 3 atom stereocenters. The minimum atomic E-state index is -0.364. The highest BCUT2D eigenvalue weighted by atomic mass is 16.5. The quantitative estimate of drug-likeness (QED) is 0.498. The van der Waals surface area contributed by atoms with Crippen molar-refractivity contribution in [2.75, 3.05) is 13.2 Å². The van der Waals surface area contributed by atoms with Crippen LogP contribution in [0.25, 0.3) is 11.3 Å². The summed E-state index contributed by atoms with van der Waals surface area (Å²) >= 11 is 0. The van der Waals surface area contributed by atoms with Gasteiger partial charge in [-0.25, -0.2) is 4.99 Å². The van der Waals surface area contributed by atoms with Crippen LogP contribution in [0.3, 0.4) is 0 Å². The van der Waals surface area contributed by atoms with Crippen LogP contribution in [0.1, 0.15) is 25.2 Å². The molecule has 1 aromatic carbocycles. The number of aliphatic hydroxyl groups is 2. The van der Waals surface area contributed by atoms with Crippen molar-refractivity contribution < 1.29 is 24.4 Å². The van der Waals surface area contributed by atoms with Gasteiger partial charge >= 0.3 is 0 Å². The van der Waals surface area contributed by atoms with Crippen LogP contribution in [0.2, 0.25) is 0 Å². The van der Waals surface area contributed by atoms with Gasteiger partial charge in [-0.15, -0.1) is 0 Å². The predicted molar refractivity (Wildman–Crippen MR) is 120 cm³/mol. The second-order valence-corrected chi connectivity index (χ2v) is 7.83. The molecule has 168 valence electrons. The SMILES string of the molecule is Cc1ccc(Oc2cc(O[C@@H](C)CO)cc(-c3ccc(C4=N[C@H](CO)[C@H](C)O4)[nH]3)c2)cn1. The van der Waals surface area contributed by atoms with E-state index in [1.165, 1.54) is 0 Å². The number of nitrogens with one attached hydrogen (secondary N) is 1. The van der Waals surface area contributed by atoms with Gasteiger partial charge in [-0.05, 0) is 57.2 Å². The third-order valence-electron chi connectivity index (χ3n) is 5.13. The molecule has 0 spiro atoms. The van der Waals surface area contributed by atoms with Crippen LogP contribution in [0.5, 0.6) is 17.2 Å². The topological polar surface area (TPSA) is 109 Å². The standard InChI is InChI=1S/C24H27N3O5/c1-14-4-5-18(11-25-14)32-20-9-17(8-19(10-20)30-15(2)12-28)21-6-7-22(26-21)24-27-23(13-29)16(3)31-24/h4-11,15-16,23,26,28-29H,12-13H2,1-3H3/t15-,16-,23+/m0/s1. The number of hydrogen-bond acceptors (Lipinski definition) is 7. The molecule has 3 N–H and O–H groups in total. The molecule has 3 heterocycles. The number of aryl methyl sites for hydroxylation is 1. The van der Waals surface area contributed by atoms with Crippen molar-refractivity contribution in [1.82, 2.24) is 9.97 Å². The minimum absolute atomic E-state index is 0.0603. The number of aliphatic imine (C=N–C) groups is 1. The Morgan fingerprint density at radius 1 is 1.06 bits per heavy atom. The van der Waals surface area contributed by atoms with Crippen LogP contribution < -0.4 is 9.47 Å². The fourth-order valence-corrected chi connectivity index (χ4v) is 3.33. The van der Waals surface area contributed by atoms with Gasteiger partial charge in [0.25, 0.3) is 0 Å². The molecule has 0 saturated carbocycles. The fraction of sp³-hybridized carbons (Fsp3) is 0.333. The molecule has 0 amide bonds. The maximum absolute atomic E-state index is 9.43. The van der Waals surface area contributed by atoms with E-state index < -0.39 is 0 Å². The molecule has 8 heteroatoms. The van der Waals surface area contributed by atoms with Crippen molar-refractivity contribution in [1.29, 1.82) is 0 Å². The summed E-state index contributed by atoms with van der Waals surface area (Å²) in [5.41, 5.74) is 3.28. The number of aromatic amines is 1. The zero-order valence-electron chi connectivity index (χ0n) is 18.3. The molecule has 4 rings (SSSR count). The zero-order chi connectivity index (χ0) is 22.7. The number of ether oxygens (including phenoxy) is 3. The van der Waals surface area contributed by atoms with Crippen molar-refractivity contribution in [3.8, 4) is 28.5 Å². The smallest absolute Gasteiger partial charge is 0.233 e. The Morgan fingerprint density at radius 2 is 1.84 bits per heavy atom. The number of rotatable bonds is 8. The number of H-pyrrole nitrogens is 1. The monoisotopic (exact) mass is 437 g/mol. The average Bonchev–Trinajstić information content (AvgIpc) is 3.42. The molecule has 1 aliphatic heterocycles. The molecule has 32 heavy (non-hydrogen) atoms. The summed E-state index contributed by atoms with van der Waals surface area (Å²) < 4.78 is 17.6. The van der Waals surface area contributed by atoms with Gasteiger partial charge < -0.3 is 29.4 Å². The number of pyridine rings is 1. The predicted octanol–water partition coefficient (Wildman–Crippen LogP) is 3.46. The minimum Gasteiger partial charge on any atom is -0.488 e. The van der Waals surface area contributed by atoms with Gasteiger partial charge in [-0.1, -0.05) is 0 Å². The van der Waals surface area contributed by atoms with Crippen LogP contribution in [0.15, 0.2) is 53.7 Å². The van der Waals surface area contributed by atoms with E-state index in [-0.39, 0.29) is 31.5 Å². The van der Waals surface area contributed by atoms with Gasteiger partial charge in [0.05, 0.1) is 19.4 Å². The normalized spacial score (nSPS) is 18.7. The van der Waals surface area contributed by atoms with Gasteiger partial charge in [0.2, 0.25) is 5.90 Å². The Morgan fingerprint density at radius 3 is 2.53 bits per heavy atom. The summed E-state index contributed by atoms with van der Waals surface area (Å²) in [5.74, 6) is 2.23. The second-order valence-electron chi connectivity index (χ2n) is 7.83. The third kappa shape index (κ3) is 4.92. The number of aliphatic hydroxyl groups excluding tert-OH is 2. The lowest BCUT2D eigenvalue weighted by Gasteiger charge is -2.15. The van der Waals surface area contributed by atoms with E-state index >= 15 is 0 Å². The Kier molecular flexibility index (Phi) is 6.43. The van der Waals surface area contributed by atoms with E-state index in [1.807, 2.05) is 50.2 Å². The maximum atomic E-state index is 9.43.